The van der Waals surface area contributed by atoms with Gasteiger partial charge in [0.2, 0.25) is 0 Å². The van der Waals surface area contributed by atoms with Crippen LogP contribution in [0.15, 0.2) is 24.3 Å². The van der Waals surface area contributed by atoms with E-state index in [1.54, 1.807) is 12.1 Å². The van der Waals surface area contributed by atoms with Gasteiger partial charge in [0.05, 0.1) is 0 Å². The minimum absolute atomic E-state index is 0.0249. The molecule has 1 aliphatic carbocycles. The molecule has 13 heavy (non-hydrogen) atoms. The second-order valence-corrected chi connectivity index (χ2v) is 4.39. The fraction of sp³-hybridized carbons (Fsp3) is 0.400. The van der Waals surface area contributed by atoms with E-state index in [0.717, 1.165) is 0 Å². The Labute approximate surface area is 84.1 Å². The van der Waals surface area contributed by atoms with Crippen molar-refractivity contribution < 1.29 is 8.78 Å². The molecule has 0 N–H and O–H groups in total. The number of benzene rings is 1. The van der Waals surface area contributed by atoms with Crippen LogP contribution < -0.4 is 0 Å². The van der Waals surface area contributed by atoms with E-state index in [0.29, 0.717) is 5.92 Å². The highest BCUT2D eigenvalue weighted by Crippen LogP contribution is 2.41. The zero-order valence-corrected chi connectivity index (χ0v) is 8.52. The van der Waals surface area contributed by atoms with E-state index in [2.05, 4.69) is 15.9 Å². The molecule has 1 aromatic carbocycles. The molecule has 0 amide bonds. The van der Waals surface area contributed by atoms with Crippen molar-refractivity contribution in [1.82, 2.24) is 0 Å². The molecule has 2 rings (SSSR count). The summed E-state index contributed by atoms with van der Waals surface area (Å²) in [6, 6.07) is 6.56. The Balaban J connectivity index is 2.22. The van der Waals surface area contributed by atoms with Crippen LogP contribution in [0, 0.1) is 0 Å². The van der Waals surface area contributed by atoms with Crippen molar-refractivity contribution in [2.45, 2.75) is 23.6 Å². The number of hydrogen-bond acceptors (Lipinski definition) is 0. The van der Waals surface area contributed by atoms with Crippen LogP contribution in [-0.2, 0) is 4.83 Å². The Morgan fingerprint density at radius 3 is 2.08 bits per heavy atom. The number of hydrogen-bond donors (Lipinski definition) is 0. The Morgan fingerprint density at radius 2 is 1.69 bits per heavy atom. The van der Waals surface area contributed by atoms with Crippen LogP contribution in [-0.4, -0.2) is 0 Å². The lowest BCUT2D eigenvalue weighted by Crippen LogP contribution is -2.01. The van der Waals surface area contributed by atoms with Crippen molar-refractivity contribution in [3.05, 3.63) is 35.4 Å². The van der Waals surface area contributed by atoms with Crippen LogP contribution >= 0.6 is 15.9 Å². The van der Waals surface area contributed by atoms with E-state index in [9.17, 15) is 8.78 Å². The summed E-state index contributed by atoms with van der Waals surface area (Å²) >= 11 is 2.33. The van der Waals surface area contributed by atoms with Gasteiger partial charge in [-0.3, -0.25) is 0 Å². The largest absolute Gasteiger partial charge is 0.326 e. The lowest BCUT2D eigenvalue weighted by molar-refractivity contribution is 0.114. The Hall–Kier alpha value is -0.440. The summed E-state index contributed by atoms with van der Waals surface area (Å²) in [5.41, 5.74) is 1.21. The van der Waals surface area contributed by atoms with E-state index in [4.69, 9.17) is 0 Å². The number of alkyl halides is 3. The van der Waals surface area contributed by atoms with Crippen LogP contribution in [0.1, 0.15) is 29.9 Å². The van der Waals surface area contributed by atoms with Gasteiger partial charge >= 0.3 is 4.83 Å². The highest BCUT2D eigenvalue weighted by molar-refractivity contribution is 9.09. The zero-order valence-electron chi connectivity index (χ0n) is 6.93. The van der Waals surface area contributed by atoms with Crippen LogP contribution in [0.3, 0.4) is 0 Å². The molecule has 1 aromatic rings. The molecule has 0 saturated heterocycles. The van der Waals surface area contributed by atoms with E-state index in [-0.39, 0.29) is 5.56 Å². The van der Waals surface area contributed by atoms with Crippen molar-refractivity contribution in [3.63, 3.8) is 0 Å². The first-order valence-electron chi connectivity index (χ1n) is 4.24. The molecule has 1 saturated carbocycles. The molecule has 1 fully saturated rings. The van der Waals surface area contributed by atoms with Gasteiger partial charge in [-0.15, -0.1) is 0 Å². The molecule has 0 heterocycles. The molecule has 0 spiro atoms. The molecule has 70 valence electrons. The predicted octanol–water partition coefficient (Wildman–Crippen LogP) is 4.01. The minimum atomic E-state index is -2.89. The molecule has 0 nitrogen and oxygen atoms in total. The van der Waals surface area contributed by atoms with Gasteiger partial charge < -0.3 is 0 Å². The summed E-state index contributed by atoms with van der Waals surface area (Å²) in [5, 5.41) is 0. The van der Waals surface area contributed by atoms with Gasteiger partial charge in [0, 0.05) is 5.56 Å². The van der Waals surface area contributed by atoms with Gasteiger partial charge in [-0.25, -0.2) is 0 Å². The second kappa shape index (κ2) is 3.05. The van der Waals surface area contributed by atoms with Gasteiger partial charge in [-0.1, -0.05) is 24.3 Å². The average Bonchev–Trinajstić information content (AvgIpc) is 2.85. The molecule has 1 aliphatic rings. The van der Waals surface area contributed by atoms with E-state index >= 15 is 0 Å². The monoisotopic (exact) mass is 246 g/mol. The average molecular weight is 247 g/mol. The molecule has 0 aliphatic heterocycles. The van der Waals surface area contributed by atoms with Gasteiger partial charge in [0.25, 0.3) is 0 Å². The van der Waals surface area contributed by atoms with Gasteiger partial charge in [0.1, 0.15) is 0 Å². The zero-order chi connectivity index (χ0) is 9.47. The van der Waals surface area contributed by atoms with Crippen molar-refractivity contribution in [2.24, 2.45) is 0 Å². The summed E-state index contributed by atoms with van der Waals surface area (Å²) in [6.45, 7) is 0. The normalized spacial score (nSPS) is 17.5. The topological polar surface area (TPSA) is 0 Å². The lowest BCUT2D eigenvalue weighted by atomic mass is 10.1. The molecular formula is C10H9BrF2. The Bertz CT molecular complexity index is 296. The van der Waals surface area contributed by atoms with Crippen molar-refractivity contribution in [3.8, 4) is 0 Å². The SMILES string of the molecule is FC(F)(Br)c1ccc(C2CC2)cc1. The molecule has 0 bridgehead atoms. The Kier molecular flexibility index (Phi) is 2.14. The first kappa shape index (κ1) is 9.13. The lowest BCUT2D eigenvalue weighted by Gasteiger charge is -2.08. The third-order valence-corrected chi connectivity index (χ3v) is 2.74. The standard InChI is InChI=1S/C10H9BrF2/c11-10(12,13)9-5-3-8(4-6-9)7-1-2-7/h3-7H,1-2H2. The van der Waals surface area contributed by atoms with Gasteiger partial charge in [0.15, 0.2) is 0 Å². The maximum absolute atomic E-state index is 12.7. The van der Waals surface area contributed by atoms with E-state index in [1.807, 2.05) is 0 Å². The second-order valence-electron chi connectivity index (χ2n) is 3.39. The Morgan fingerprint density at radius 1 is 1.15 bits per heavy atom. The van der Waals surface area contributed by atoms with Crippen LogP contribution in [0.4, 0.5) is 8.78 Å². The maximum Gasteiger partial charge on any atom is 0.326 e. The molecule has 3 heteroatoms. The third kappa shape index (κ3) is 2.08. The summed E-state index contributed by atoms with van der Waals surface area (Å²) in [7, 11) is 0. The molecule has 0 radical (unpaired) electrons. The molecular weight excluding hydrogens is 238 g/mol. The first-order valence-corrected chi connectivity index (χ1v) is 5.04. The maximum atomic E-state index is 12.7. The third-order valence-electron chi connectivity index (χ3n) is 2.29. The highest BCUT2D eigenvalue weighted by Gasteiger charge is 2.28. The fourth-order valence-electron chi connectivity index (χ4n) is 1.36. The van der Waals surface area contributed by atoms with E-state index < -0.39 is 4.83 Å². The smallest absolute Gasteiger partial charge is 0.188 e. The van der Waals surface area contributed by atoms with Crippen molar-refractivity contribution >= 4 is 15.9 Å². The summed E-state index contributed by atoms with van der Waals surface area (Å²) < 4.78 is 25.4. The quantitative estimate of drug-likeness (QED) is 0.692. The van der Waals surface area contributed by atoms with E-state index in [1.165, 1.54) is 30.5 Å². The van der Waals surface area contributed by atoms with Gasteiger partial charge in [-0.05, 0) is 40.3 Å². The summed E-state index contributed by atoms with van der Waals surface area (Å²) in [5.74, 6) is 0.623. The van der Waals surface area contributed by atoms with Crippen LogP contribution in [0.25, 0.3) is 0 Å². The minimum Gasteiger partial charge on any atom is -0.188 e. The molecule has 0 unspecified atom stereocenters. The van der Waals surface area contributed by atoms with Crippen LogP contribution in [0.2, 0.25) is 0 Å². The fourth-order valence-corrected chi connectivity index (χ4v) is 1.63. The number of halogens is 3. The highest BCUT2D eigenvalue weighted by atomic mass is 79.9. The van der Waals surface area contributed by atoms with Gasteiger partial charge in [-0.2, -0.15) is 8.78 Å². The van der Waals surface area contributed by atoms with Crippen molar-refractivity contribution in [2.75, 3.05) is 0 Å². The molecule has 0 aromatic heterocycles. The predicted molar refractivity (Wildman–Crippen MR) is 51.2 cm³/mol. The van der Waals surface area contributed by atoms with Crippen molar-refractivity contribution in [1.29, 1.82) is 0 Å². The molecule has 0 atom stereocenters. The summed E-state index contributed by atoms with van der Waals surface area (Å²) in [6.07, 6.45) is 2.40. The number of rotatable bonds is 2. The van der Waals surface area contributed by atoms with Crippen LogP contribution in [0.5, 0.6) is 0 Å². The first-order chi connectivity index (χ1) is 6.07. The summed E-state index contributed by atoms with van der Waals surface area (Å²) in [4.78, 5) is -2.89.